The molecule has 0 radical (unpaired) electrons. The summed E-state index contributed by atoms with van der Waals surface area (Å²) in [5.41, 5.74) is 1.14. The van der Waals surface area contributed by atoms with Crippen LogP contribution in [0.3, 0.4) is 0 Å². The van der Waals surface area contributed by atoms with Crippen molar-refractivity contribution in [3.05, 3.63) is 46.7 Å². The summed E-state index contributed by atoms with van der Waals surface area (Å²) in [6, 6.07) is 12.5. The third-order valence-corrected chi connectivity index (χ3v) is 4.04. The lowest BCUT2D eigenvalue weighted by Crippen LogP contribution is -1.99. The molecule has 1 N–H and O–H groups in total. The minimum atomic E-state index is 0.821. The Kier molecular flexibility index (Phi) is 6.45. The van der Waals surface area contributed by atoms with Gasteiger partial charge in [0.2, 0.25) is 0 Å². The van der Waals surface area contributed by atoms with Crippen LogP contribution < -0.4 is 10.1 Å². The first-order chi connectivity index (χ1) is 9.88. The fourth-order valence-electron chi connectivity index (χ4n) is 1.99. The summed E-state index contributed by atoms with van der Waals surface area (Å²) >= 11 is 1.78. The van der Waals surface area contributed by atoms with Gasteiger partial charge >= 0.3 is 0 Å². The molecule has 0 saturated heterocycles. The van der Waals surface area contributed by atoms with E-state index in [1.165, 1.54) is 24.1 Å². The van der Waals surface area contributed by atoms with Crippen molar-refractivity contribution in [3.8, 4) is 5.75 Å². The first-order valence-electron chi connectivity index (χ1n) is 7.37. The molecule has 2 nitrogen and oxygen atoms in total. The highest BCUT2D eigenvalue weighted by Crippen LogP contribution is 2.18. The zero-order valence-corrected chi connectivity index (χ0v) is 12.9. The van der Waals surface area contributed by atoms with Crippen molar-refractivity contribution in [3.63, 3.8) is 0 Å². The lowest BCUT2D eigenvalue weighted by Gasteiger charge is -2.08. The van der Waals surface area contributed by atoms with Gasteiger partial charge in [0.1, 0.15) is 5.75 Å². The third kappa shape index (κ3) is 5.25. The predicted octanol–water partition coefficient (Wildman–Crippen LogP) is 5.32. The van der Waals surface area contributed by atoms with Crippen LogP contribution in [-0.4, -0.2) is 6.61 Å². The van der Waals surface area contributed by atoms with E-state index in [9.17, 15) is 0 Å². The molecule has 0 aliphatic heterocycles. The van der Waals surface area contributed by atoms with Gasteiger partial charge in [-0.05, 0) is 42.1 Å². The van der Waals surface area contributed by atoms with Gasteiger partial charge in [0.05, 0.1) is 6.61 Å². The number of thiophene rings is 1. The molecule has 0 atom stereocenters. The zero-order valence-electron chi connectivity index (χ0n) is 12.1. The van der Waals surface area contributed by atoms with E-state index >= 15 is 0 Å². The fraction of sp³-hybridized carbons (Fsp3) is 0.412. The Morgan fingerprint density at radius 2 is 1.90 bits per heavy atom. The van der Waals surface area contributed by atoms with E-state index in [0.29, 0.717) is 0 Å². The number of rotatable bonds is 9. The van der Waals surface area contributed by atoms with Gasteiger partial charge in [0.15, 0.2) is 0 Å². The van der Waals surface area contributed by atoms with E-state index in [1.54, 1.807) is 11.3 Å². The van der Waals surface area contributed by atoms with Crippen molar-refractivity contribution in [1.82, 2.24) is 0 Å². The third-order valence-electron chi connectivity index (χ3n) is 3.17. The molecule has 0 aliphatic rings. The average Bonchev–Trinajstić information content (AvgIpc) is 2.99. The van der Waals surface area contributed by atoms with Crippen LogP contribution in [0.4, 0.5) is 5.69 Å². The maximum atomic E-state index is 5.73. The highest BCUT2D eigenvalue weighted by molar-refractivity contribution is 7.09. The highest BCUT2D eigenvalue weighted by atomic mass is 32.1. The van der Waals surface area contributed by atoms with Crippen LogP contribution in [0, 0.1) is 0 Å². The van der Waals surface area contributed by atoms with Gasteiger partial charge in [-0.3, -0.25) is 0 Å². The SMILES string of the molecule is CCCCCCOc1ccc(NCc2cccs2)cc1. The van der Waals surface area contributed by atoms with Crippen LogP contribution >= 0.6 is 11.3 Å². The fourth-order valence-corrected chi connectivity index (χ4v) is 2.63. The summed E-state index contributed by atoms with van der Waals surface area (Å²) in [6.45, 7) is 3.93. The number of nitrogens with one attached hydrogen (secondary N) is 1. The Balaban J connectivity index is 1.69. The molecule has 2 aromatic rings. The molecule has 0 fully saturated rings. The second-order valence-electron chi connectivity index (χ2n) is 4.87. The van der Waals surface area contributed by atoms with E-state index in [0.717, 1.165) is 31.0 Å². The first-order valence-corrected chi connectivity index (χ1v) is 8.25. The van der Waals surface area contributed by atoms with Gasteiger partial charge in [-0.15, -0.1) is 11.3 Å². The zero-order chi connectivity index (χ0) is 14.0. The summed E-state index contributed by atoms with van der Waals surface area (Å²) in [5.74, 6) is 0.961. The Morgan fingerprint density at radius 1 is 1.05 bits per heavy atom. The average molecular weight is 289 g/mol. The van der Waals surface area contributed by atoms with Crippen molar-refractivity contribution < 1.29 is 4.74 Å². The Hall–Kier alpha value is -1.48. The smallest absolute Gasteiger partial charge is 0.119 e. The molecular formula is C17H23NOS. The molecule has 1 heterocycles. The monoisotopic (exact) mass is 289 g/mol. The summed E-state index contributed by atoms with van der Waals surface area (Å²) in [4.78, 5) is 1.35. The number of anilines is 1. The van der Waals surface area contributed by atoms with E-state index in [1.807, 2.05) is 12.1 Å². The Morgan fingerprint density at radius 3 is 2.60 bits per heavy atom. The number of hydrogen-bond donors (Lipinski definition) is 1. The van der Waals surface area contributed by atoms with Gasteiger partial charge < -0.3 is 10.1 Å². The molecule has 0 saturated carbocycles. The lowest BCUT2D eigenvalue weighted by atomic mass is 10.2. The van der Waals surface area contributed by atoms with Crippen molar-refractivity contribution >= 4 is 17.0 Å². The van der Waals surface area contributed by atoms with Gasteiger partial charge in [0, 0.05) is 17.1 Å². The minimum absolute atomic E-state index is 0.821. The highest BCUT2D eigenvalue weighted by Gasteiger charge is 1.97. The van der Waals surface area contributed by atoms with Crippen LogP contribution in [0.1, 0.15) is 37.5 Å². The Bertz CT molecular complexity index is 464. The number of unbranched alkanes of at least 4 members (excludes halogenated alkanes) is 3. The second kappa shape index (κ2) is 8.64. The van der Waals surface area contributed by atoms with Gasteiger partial charge in [0.25, 0.3) is 0 Å². The van der Waals surface area contributed by atoms with Crippen molar-refractivity contribution in [2.24, 2.45) is 0 Å². The molecule has 0 spiro atoms. The normalized spacial score (nSPS) is 10.4. The minimum Gasteiger partial charge on any atom is -0.494 e. The number of ether oxygens (including phenoxy) is 1. The molecule has 1 aromatic heterocycles. The summed E-state index contributed by atoms with van der Waals surface area (Å²) in [6.07, 6.45) is 4.97. The predicted molar refractivity (Wildman–Crippen MR) is 87.7 cm³/mol. The van der Waals surface area contributed by atoms with Crippen molar-refractivity contribution in [2.75, 3.05) is 11.9 Å². The summed E-state index contributed by atoms with van der Waals surface area (Å²) in [7, 11) is 0. The van der Waals surface area contributed by atoms with Crippen LogP contribution in [0.15, 0.2) is 41.8 Å². The van der Waals surface area contributed by atoms with Crippen LogP contribution in [0.25, 0.3) is 0 Å². The molecule has 0 amide bonds. The van der Waals surface area contributed by atoms with Gasteiger partial charge in [-0.1, -0.05) is 32.3 Å². The molecule has 1 aromatic carbocycles. The van der Waals surface area contributed by atoms with Crippen LogP contribution in [0.5, 0.6) is 5.75 Å². The van der Waals surface area contributed by atoms with Crippen LogP contribution in [-0.2, 0) is 6.54 Å². The lowest BCUT2D eigenvalue weighted by molar-refractivity contribution is 0.305. The van der Waals surface area contributed by atoms with E-state index in [-0.39, 0.29) is 0 Å². The quantitative estimate of drug-likeness (QED) is 0.631. The second-order valence-corrected chi connectivity index (χ2v) is 5.90. The molecular weight excluding hydrogens is 266 g/mol. The van der Waals surface area contributed by atoms with Gasteiger partial charge in [-0.25, -0.2) is 0 Å². The molecule has 0 bridgehead atoms. The van der Waals surface area contributed by atoms with Crippen molar-refractivity contribution in [2.45, 2.75) is 39.2 Å². The van der Waals surface area contributed by atoms with E-state index in [2.05, 4.69) is 41.9 Å². The van der Waals surface area contributed by atoms with Gasteiger partial charge in [-0.2, -0.15) is 0 Å². The molecule has 3 heteroatoms. The van der Waals surface area contributed by atoms with Crippen LogP contribution in [0.2, 0.25) is 0 Å². The van der Waals surface area contributed by atoms with E-state index in [4.69, 9.17) is 4.74 Å². The summed E-state index contributed by atoms with van der Waals surface area (Å²) in [5, 5.41) is 5.52. The Labute approximate surface area is 125 Å². The maximum Gasteiger partial charge on any atom is 0.119 e. The van der Waals surface area contributed by atoms with Crippen molar-refractivity contribution in [1.29, 1.82) is 0 Å². The molecule has 0 aliphatic carbocycles. The maximum absolute atomic E-state index is 5.73. The van der Waals surface area contributed by atoms with E-state index < -0.39 is 0 Å². The largest absolute Gasteiger partial charge is 0.494 e. The number of hydrogen-bond acceptors (Lipinski definition) is 3. The first kappa shape index (κ1) is 14.9. The molecule has 0 unspecified atom stereocenters. The summed E-state index contributed by atoms with van der Waals surface area (Å²) < 4.78 is 5.73. The topological polar surface area (TPSA) is 21.3 Å². The standard InChI is InChI=1S/C17H23NOS/c1-2-3-4-5-12-19-16-10-8-15(9-11-16)18-14-17-7-6-13-20-17/h6-11,13,18H,2-5,12,14H2,1H3. The molecule has 108 valence electrons. The number of benzene rings is 1. The molecule has 20 heavy (non-hydrogen) atoms. The molecule has 2 rings (SSSR count).